The summed E-state index contributed by atoms with van der Waals surface area (Å²) in [6, 6.07) is 2.45. The Kier molecular flexibility index (Phi) is 6.55. The van der Waals surface area contributed by atoms with E-state index in [0.717, 1.165) is 0 Å². The second-order valence-electron chi connectivity index (χ2n) is 4.24. The Bertz CT molecular complexity index is 826. The minimum Gasteiger partial charge on any atom is -0.529 e. The number of nitrogens with zero attached hydrogens (tertiary/aromatic N) is 1. The number of hydrogen-bond acceptors (Lipinski definition) is 2. The number of carboxylic acid groups (broad SMARTS) is 1. The number of hydrogen-bond donors (Lipinski definition) is 0. The SMILES string of the molecule is O=C([O-])N(c1cc(Cl)c(Cl)cc1Cl)c1c(Cl)c(Cl)c(Cl)c(Cl)c1Cl. The number of carbonyl (C=O) groups is 1. The summed E-state index contributed by atoms with van der Waals surface area (Å²) in [7, 11) is 0. The van der Waals surface area contributed by atoms with Crippen molar-refractivity contribution < 1.29 is 9.90 Å². The Hall–Kier alpha value is 0.0300. The average molecular weight is 488 g/mol. The first-order valence-electron chi connectivity index (χ1n) is 5.75. The predicted octanol–water partition coefficient (Wildman–Crippen LogP) is 7.40. The molecule has 0 aromatic heterocycles. The standard InChI is InChI=1S/C13H3Cl8NO2/c14-3-1-5(16)6(2-4(3)15)22(13(23)24)12-10(20)8(18)7(17)9(19)11(12)21/h1-2H,(H,23,24)/p-1. The van der Waals surface area contributed by atoms with E-state index in [0.29, 0.717) is 4.90 Å². The van der Waals surface area contributed by atoms with Gasteiger partial charge in [-0.1, -0.05) is 92.8 Å². The van der Waals surface area contributed by atoms with Crippen molar-refractivity contribution in [3.05, 3.63) is 52.3 Å². The summed E-state index contributed by atoms with van der Waals surface area (Å²) in [6.07, 6.45) is -1.71. The molecule has 11 heteroatoms. The van der Waals surface area contributed by atoms with Crippen LogP contribution in [0.3, 0.4) is 0 Å². The van der Waals surface area contributed by atoms with Crippen LogP contribution in [0, 0.1) is 0 Å². The molecule has 0 heterocycles. The lowest BCUT2D eigenvalue weighted by molar-refractivity contribution is -0.245. The van der Waals surface area contributed by atoms with Crippen LogP contribution in [0.2, 0.25) is 40.2 Å². The van der Waals surface area contributed by atoms with E-state index < -0.39 is 6.09 Å². The van der Waals surface area contributed by atoms with Gasteiger partial charge in [-0.05, 0) is 12.1 Å². The van der Waals surface area contributed by atoms with Crippen molar-refractivity contribution in [3.63, 3.8) is 0 Å². The van der Waals surface area contributed by atoms with E-state index >= 15 is 0 Å². The molecule has 0 aliphatic heterocycles. The molecule has 0 aliphatic rings. The monoisotopic (exact) mass is 484 g/mol. The van der Waals surface area contributed by atoms with Crippen LogP contribution in [-0.2, 0) is 0 Å². The summed E-state index contributed by atoms with van der Waals surface area (Å²) < 4.78 is 0. The Morgan fingerprint density at radius 3 is 1.58 bits per heavy atom. The maximum absolute atomic E-state index is 11.7. The van der Waals surface area contributed by atoms with Crippen molar-refractivity contribution in [2.45, 2.75) is 0 Å². The van der Waals surface area contributed by atoms with Gasteiger partial charge in [0.2, 0.25) is 0 Å². The van der Waals surface area contributed by atoms with Gasteiger partial charge in [-0.3, -0.25) is 4.90 Å². The Morgan fingerprint density at radius 1 is 0.708 bits per heavy atom. The Morgan fingerprint density at radius 2 is 1.12 bits per heavy atom. The van der Waals surface area contributed by atoms with Crippen LogP contribution < -0.4 is 10.0 Å². The fourth-order valence-electron chi connectivity index (χ4n) is 1.78. The molecular weight excluding hydrogens is 486 g/mol. The van der Waals surface area contributed by atoms with Gasteiger partial charge in [0.05, 0.1) is 51.6 Å². The first-order valence-corrected chi connectivity index (χ1v) is 8.77. The molecule has 0 atom stereocenters. The highest BCUT2D eigenvalue weighted by Crippen LogP contribution is 2.51. The van der Waals surface area contributed by atoms with Gasteiger partial charge >= 0.3 is 0 Å². The number of anilines is 2. The van der Waals surface area contributed by atoms with Crippen LogP contribution in [0.15, 0.2) is 12.1 Å². The number of halogens is 8. The molecule has 0 saturated carbocycles. The summed E-state index contributed by atoms with van der Waals surface area (Å²) in [5.41, 5.74) is -0.387. The van der Waals surface area contributed by atoms with Crippen LogP contribution in [0.25, 0.3) is 0 Å². The molecule has 128 valence electrons. The van der Waals surface area contributed by atoms with Gasteiger partial charge in [-0.15, -0.1) is 0 Å². The van der Waals surface area contributed by atoms with E-state index in [1.807, 2.05) is 0 Å². The molecular formula is C13H2Cl8NO2-. The topological polar surface area (TPSA) is 43.4 Å². The maximum Gasteiger partial charge on any atom is 0.146 e. The van der Waals surface area contributed by atoms with Gasteiger partial charge in [0, 0.05) is 0 Å². The second kappa shape index (κ2) is 7.73. The molecule has 2 aromatic carbocycles. The summed E-state index contributed by atoms with van der Waals surface area (Å²) in [5, 5.41) is 10.8. The zero-order chi connectivity index (χ0) is 18.3. The Labute approximate surface area is 176 Å². The van der Waals surface area contributed by atoms with Gasteiger partial charge in [-0.25, -0.2) is 0 Å². The van der Waals surface area contributed by atoms with E-state index in [4.69, 9.17) is 92.8 Å². The van der Waals surface area contributed by atoms with Crippen LogP contribution >= 0.6 is 92.8 Å². The molecule has 0 aliphatic carbocycles. The van der Waals surface area contributed by atoms with Crippen molar-refractivity contribution in [2.24, 2.45) is 0 Å². The fourth-order valence-corrected chi connectivity index (χ4v) is 3.71. The van der Waals surface area contributed by atoms with Crippen LogP contribution in [0.5, 0.6) is 0 Å². The summed E-state index contributed by atoms with van der Waals surface area (Å²) >= 11 is 47.8. The van der Waals surface area contributed by atoms with Crippen LogP contribution in [0.1, 0.15) is 0 Å². The third-order valence-electron chi connectivity index (χ3n) is 2.82. The average Bonchev–Trinajstić information content (AvgIpc) is 2.51. The van der Waals surface area contributed by atoms with Crippen molar-refractivity contribution in [3.8, 4) is 0 Å². The van der Waals surface area contributed by atoms with Crippen molar-refractivity contribution in [1.82, 2.24) is 0 Å². The smallest absolute Gasteiger partial charge is 0.146 e. The van der Waals surface area contributed by atoms with Crippen LogP contribution in [0.4, 0.5) is 16.2 Å². The molecule has 3 nitrogen and oxygen atoms in total. The normalized spacial score (nSPS) is 10.8. The van der Waals surface area contributed by atoms with Gasteiger partial charge in [0.1, 0.15) is 6.09 Å². The zero-order valence-corrected chi connectivity index (χ0v) is 17.0. The highest BCUT2D eigenvalue weighted by atomic mass is 35.5. The molecule has 0 radical (unpaired) electrons. The minimum absolute atomic E-state index is 0.0423. The molecule has 0 spiro atoms. The minimum atomic E-state index is -1.71. The molecule has 0 fully saturated rings. The lowest BCUT2D eigenvalue weighted by Crippen LogP contribution is -2.38. The highest BCUT2D eigenvalue weighted by molar-refractivity contribution is 6.57. The van der Waals surface area contributed by atoms with Gasteiger partial charge in [-0.2, -0.15) is 0 Å². The van der Waals surface area contributed by atoms with Gasteiger partial charge in [0.15, 0.2) is 0 Å². The van der Waals surface area contributed by atoms with Gasteiger partial charge in [0.25, 0.3) is 0 Å². The maximum atomic E-state index is 11.7. The number of amides is 1. The number of benzene rings is 2. The molecule has 24 heavy (non-hydrogen) atoms. The molecule has 0 saturated heterocycles. The molecule has 0 unspecified atom stereocenters. The Balaban J connectivity index is 2.85. The van der Waals surface area contributed by atoms with E-state index in [9.17, 15) is 9.90 Å². The van der Waals surface area contributed by atoms with E-state index in [1.165, 1.54) is 12.1 Å². The third-order valence-corrected chi connectivity index (χ3v) is 6.11. The van der Waals surface area contributed by atoms with E-state index in [2.05, 4.69) is 0 Å². The zero-order valence-electron chi connectivity index (χ0n) is 10.9. The summed E-state index contributed by atoms with van der Waals surface area (Å²) in [5.74, 6) is 0. The number of carbonyl (C=O) groups excluding carboxylic acids is 1. The fraction of sp³-hybridized carbons (Fsp3) is 0. The third kappa shape index (κ3) is 3.60. The van der Waals surface area contributed by atoms with E-state index in [1.54, 1.807) is 0 Å². The first-order chi connectivity index (χ1) is 11.1. The van der Waals surface area contributed by atoms with Gasteiger partial charge < -0.3 is 9.90 Å². The quantitative estimate of drug-likeness (QED) is 0.327. The second-order valence-corrected chi connectivity index (χ2v) is 7.35. The lowest BCUT2D eigenvalue weighted by Gasteiger charge is -2.29. The predicted molar refractivity (Wildman–Crippen MR) is 100 cm³/mol. The van der Waals surface area contributed by atoms with Crippen molar-refractivity contribution in [1.29, 1.82) is 0 Å². The summed E-state index contributed by atoms with van der Waals surface area (Å²) in [6.45, 7) is 0. The lowest BCUT2D eigenvalue weighted by atomic mass is 10.2. The van der Waals surface area contributed by atoms with E-state index in [-0.39, 0.29) is 51.6 Å². The largest absolute Gasteiger partial charge is 0.529 e. The molecule has 1 amide bonds. The molecule has 2 aromatic rings. The first kappa shape index (κ1) is 20.3. The molecule has 2 rings (SSSR count). The number of rotatable bonds is 2. The summed E-state index contributed by atoms with van der Waals surface area (Å²) in [4.78, 5) is 12.3. The van der Waals surface area contributed by atoms with Crippen molar-refractivity contribution in [2.75, 3.05) is 4.90 Å². The van der Waals surface area contributed by atoms with Crippen molar-refractivity contribution >= 4 is 110 Å². The highest BCUT2D eigenvalue weighted by Gasteiger charge is 2.27. The molecule has 0 bridgehead atoms. The molecule has 0 N–H and O–H groups in total. The van der Waals surface area contributed by atoms with Crippen LogP contribution in [-0.4, -0.2) is 6.09 Å².